The Kier molecular flexibility index (Phi) is 6.39. The Bertz CT molecular complexity index is 524. The van der Waals surface area contributed by atoms with Crippen molar-refractivity contribution in [3.05, 3.63) is 35.4 Å². The largest absolute Gasteiger partial charge is 0.444 e. The van der Waals surface area contributed by atoms with Crippen LogP contribution in [0.3, 0.4) is 0 Å². The van der Waals surface area contributed by atoms with Crippen molar-refractivity contribution in [2.45, 2.75) is 38.8 Å². The maximum absolute atomic E-state index is 11.9. The molecule has 1 rings (SSSR count). The highest BCUT2D eigenvalue weighted by Gasteiger charge is 2.20. The average molecular weight is 303 g/mol. The molecule has 0 heterocycles. The van der Waals surface area contributed by atoms with Crippen molar-refractivity contribution in [1.82, 2.24) is 10.2 Å². The molecule has 1 atom stereocenters. The van der Waals surface area contributed by atoms with E-state index in [9.17, 15) is 4.79 Å². The number of carbonyl (C=O) groups is 1. The molecule has 5 heteroatoms. The Morgan fingerprint density at radius 1 is 1.32 bits per heavy atom. The zero-order chi connectivity index (χ0) is 16.8. The molecular formula is C17H25N3O2. The lowest BCUT2D eigenvalue weighted by atomic mass is 10.0. The molecule has 0 saturated heterocycles. The Morgan fingerprint density at radius 2 is 1.91 bits per heavy atom. The van der Waals surface area contributed by atoms with E-state index in [1.807, 2.05) is 51.9 Å². The van der Waals surface area contributed by atoms with E-state index in [1.54, 1.807) is 12.1 Å². The Morgan fingerprint density at radius 3 is 2.36 bits per heavy atom. The second-order valence-electron chi connectivity index (χ2n) is 6.62. The Balaban J connectivity index is 2.71. The van der Waals surface area contributed by atoms with Gasteiger partial charge in [0.05, 0.1) is 11.6 Å². The van der Waals surface area contributed by atoms with Gasteiger partial charge >= 0.3 is 6.09 Å². The summed E-state index contributed by atoms with van der Waals surface area (Å²) in [5.41, 5.74) is 1.19. The summed E-state index contributed by atoms with van der Waals surface area (Å²) in [6.07, 6.45) is 0.274. The van der Waals surface area contributed by atoms with Gasteiger partial charge in [0.2, 0.25) is 0 Å². The first-order valence-electron chi connectivity index (χ1n) is 7.33. The highest BCUT2D eigenvalue weighted by atomic mass is 16.6. The summed E-state index contributed by atoms with van der Waals surface area (Å²) < 4.78 is 5.31. The topological polar surface area (TPSA) is 65.4 Å². The first-order chi connectivity index (χ1) is 10.2. The van der Waals surface area contributed by atoms with E-state index in [4.69, 9.17) is 10.00 Å². The highest BCUT2D eigenvalue weighted by Crippen LogP contribution is 2.10. The van der Waals surface area contributed by atoms with Crippen molar-refractivity contribution in [2.75, 3.05) is 20.6 Å². The minimum Gasteiger partial charge on any atom is -0.444 e. The monoisotopic (exact) mass is 303 g/mol. The molecular weight excluding hydrogens is 278 g/mol. The van der Waals surface area contributed by atoms with Crippen LogP contribution in [0.4, 0.5) is 4.79 Å². The molecule has 0 aromatic heterocycles. The molecule has 1 aromatic rings. The van der Waals surface area contributed by atoms with E-state index in [-0.39, 0.29) is 6.04 Å². The van der Waals surface area contributed by atoms with Crippen molar-refractivity contribution >= 4 is 6.09 Å². The average Bonchev–Trinajstić information content (AvgIpc) is 2.36. The van der Waals surface area contributed by atoms with Crippen molar-refractivity contribution in [2.24, 2.45) is 0 Å². The van der Waals surface area contributed by atoms with E-state index >= 15 is 0 Å². The number of nitrogens with one attached hydrogen (secondary N) is 1. The fraction of sp³-hybridized carbons (Fsp3) is 0.529. The van der Waals surface area contributed by atoms with Crippen LogP contribution in [0.5, 0.6) is 0 Å². The molecule has 1 N–H and O–H groups in total. The van der Waals surface area contributed by atoms with E-state index < -0.39 is 11.7 Å². The Labute approximate surface area is 132 Å². The fourth-order valence-electron chi connectivity index (χ4n) is 2.08. The van der Waals surface area contributed by atoms with Gasteiger partial charge in [0, 0.05) is 12.6 Å². The van der Waals surface area contributed by atoms with Crippen LogP contribution in [-0.4, -0.2) is 43.3 Å². The number of benzene rings is 1. The van der Waals surface area contributed by atoms with E-state index in [0.29, 0.717) is 18.5 Å². The fourth-order valence-corrected chi connectivity index (χ4v) is 2.08. The van der Waals surface area contributed by atoms with Gasteiger partial charge in [-0.2, -0.15) is 5.26 Å². The van der Waals surface area contributed by atoms with E-state index in [1.165, 1.54) is 0 Å². The predicted molar refractivity (Wildman–Crippen MR) is 86.6 cm³/mol. The maximum atomic E-state index is 11.9. The molecule has 0 saturated carbocycles. The van der Waals surface area contributed by atoms with Gasteiger partial charge in [-0.3, -0.25) is 0 Å². The van der Waals surface area contributed by atoms with Gasteiger partial charge in [-0.05, 0) is 59.0 Å². The maximum Gasteiger partial charge on any atom is 0.407 e. The third kappa shape index (κ3) is 7.09. The number of rotatable bonds is 5. The van der Waals surface area contributed by atoms with Crippen molar-refractivity contribution in [1.29, 1.82) is 5.26 Å². The number of hydrogen-bond donors (Lipinski definition) is 1. The zero-order valence-electron chi connectivity index (χ0n) is 14.0. The highest BCUT2D eigenvalue weighted by molar-refractivity contribution is 5.68. The second kappa shape index (κ2) is 7.81. The van der Waals surface area contributed by atoms with Gasteiger partial charge in [0.1, 0.15) is 5.60 Å². The van der Waals surface area contributed by atoms with E-state index in [0.717, 1.165) is 5.56 Å². The summed E-state index contributed by atoms with van der Waals surface area (Å²) in [5.74, 6) is 0. The lowest BCUT2D eigenvalue weighted by Gasteiger charge is -2.25. The van der Waals surface area contributed by atoms with Gasteiger partial charge < -0.3 is 15.0 Å². The summed E-state index contributed by atoms with van der Waals surface area (Å²) >= 11 is 0. The number of carbonyl (C=O) groups excluding carboxylic acids is 1. The normalized spacial score (nSPS) is 12.6. The second-order valence-corrected chi connectivity index (χ2v) is 6.62. The lowest BCUT2D eigenvalue weighted by Crippen LogP contribution is -2.45. The first-order valence-corrected chi connectivity index (χ1v) is 7.33. The van der Waals surface area contributed by atoms with Crippen LogP contribution in [0.15, 0.2) is 24.3 Å². The molecule has 120 valence electrons. The standard InChI is InChI=1S/C17H25N3O2/c1-17(2,3)22-16(21)19-15(12-20(4)5)10-13-6-8-14(11-18)9-7-13/h6-9,15H,10,12H2,1-5H3,(H,19,21)/t15-/m1/s1. The molecule has 0 unspecified atom stereocenters. The zero-order valence-corrected chi connectivity index (χ0v) is 14.0. The van der Waals surface area contributed by atoms with Gasteiger partial charge in [-0.15, -0.1) is 0 Å². The van der Waals surface area contributed by atoms with Crippen LogP contribution >= 0.6 is 0 Å². The van der Waals surface area contributed by atoms with Gasteiger partial charge in [0.15, 0.2) is 0 Å². The van der Waals surface area contributed by atoms with Gasteiger partial charge in [-0.25, -0.2) is 4.79 Å². The third-order valence-corrected chi connectivity index (χ3v) is 2.87. The van der Waals surface area contributed by atoms with Crippen LogP contribution in [0, 0.1) is 11.3 Å². The molecule has 0 aliphatic rings. The van der Waals surface area contributed by atoms with Gasteiger partial charge in [0.25, 0.3) is 0 Å². The number of alkyl carbamates (subject to hydrolysis) is 1. The molecule has 0 aliphatic carbocycles. The molecule has 5 nitrogen and oxygen atoms in total. The predicted octanol–water partition coefficient (Wildman–Crippen LogP) is 2.56. The number of hydrogen-bond acceptors (Lipinski definition) is 4. The molecule has 1 amide bonds. The van der Waals surface area contributed by atoms with E-state index in [2.05, 4.69) is 11.4 Å². The van der Waals surface area contributed by atoms with Crippen LogP contribution in [-0.2, 0) is 11.2 Å². The smallest absolute Gasteiger partial charge is 0.407 e. The summed E-state index contributed by atoms with van der Waals surface area (Å²) in [6, 6.07) is 9.45. The summed E-state index contributed by atoms with van der Waals surface area (Å²) in [5, 5.41) is 11.7. The summed E-state index contributed by atoms with van der Waals surface area (Å²) in [4.78, 5) is 14.0. The van der Waals surface area contributed by atoms with Crippen molar-refractivity contribution in [3.8, 4) is 6.07 Å². The Hall–Kier alpha value is -2.06. The van der Waals surface area contributed by atoms with Crippen molar-refractivity contribution < 1.29 is 9.53 Å². The number of nitriles is 1. The molecule has 0 radical (unpaired) electrons. The molecule has 0 spiro atoms. The summed E-state index contributed by atoms with van der Waals surface area (Å²) in [6.45, 7) is 6.23. The molecule has 0 bridgehead atoms. The summed E-state index contributed by atoms with van der Waals surface area (Å²) in [7, 11) is 3.92. The minimum absolute atomic E-state index is 0.0576. The molecule has 0 fully saturated rings. The van der Waals surface area contributed by atoms with Crippen LogP contribution in [0.1, 0.15) is 31.9 Å². The van der Waals surface area contributed by atoms with Crippen molar-refractivity contribution in [3.63, 3.8) is 0 Å². The molecule has 0 aliphatic heterocycles. The quantitative estimate of drug-likeness (QED) is 0.908. The molecule has 1 aromatic carbocycles. The lowest BCUT2D eigenvalue weighted by molar-refractivity contribution is 0.0497. The third-order valence-electron chi connectivity index (χ3n) is 2.87. The number of nitrogens with zero attached hydrogens (tertiary/aromatic N) is 2. The minimum atomic E-state index is -0.513. The SMILES string of the molecule is CN(C)C[C@@H](Cc1ccc(C#N)cc1)NC(=O)OC(C)(C)C. The van der Waals surface area contributed by atoms with Crippen LogP contribution < -0.4 is 5.32 Å². The van der Waals surface area contributed by atoms with Crippen LogP contribution in [0.25, 0.3) is 0 Å². The van der Waals surface area contributed by atoms with Crippen LogP contribution in [0.2, 0.25) is 0 Å². The van der Waals surface area contributed by atoms with Gasteiger partial charge in [-0.1, -0.05) is 12.1 Å². The molecule has 22 heavy (non-hydrogen) atoms. The number of ether oxygens (including phenoxy) is 1. The number of amides is 1. The first kappa shape index (κ1) is 18.0. The number of likely N-dealkylation sites (N-methyl/N-ethyl adjacent to an activating group) is 1.